The monoisotopic (exact) mass is 288 g/mol. The highest BCUT2D eigenvalue weighted by molar-refractivity contribution is 5.92. The van der Waals surface area contributed by atoms with Gasteiger partial charge in [-0.15, -0.1) is 0 Å². The van der Waals surface area contributed by atoms with Gasteiger partial charge in [0.1, 0.15) is 11.6 Å². The summed E-state index contributed by atoms with van der Waals surface area (Å²) < 4.78 is 18.5. The van der Waals surface area contributed by atoms with Crippen LogP contribution in [0.4, 0.5) is 15.8 Å². The van der Waals surface area contributed by atoms with E-state index in [4.69, 9.17) is 10.5 Å². The summed E-state index contributed by atoms with van der Waals surface area (Å²) in [5.41, 5.74) is 7.88. The van der Waals surface area contributed by atoms with Crippen LogP contribution in [0.3, 0.4) is 0 Å². The lowest BCUT2D eigenvalue weighted by Gasteiger charge is -2.10. The van der Waals surface area contributed by atoms with Crippen molar-refractivity contribution >= 4 is 17.3 Å². The molecule has 0 saturated heterocycles. The molecule has 3 N–H and O–H groups in total. The second kappa shape index (κ2) is 6.26. The SMILES string of the molecule is Cc1ccc(C)c(OCC(=O)Nc2ccc(F)c(N)c2)c1. The number of nitrogens with two attached hydrogens (primary N) is 1. The minimum atomic E-state index is -0.514. The number of hydrogen-bond donors (Lipinski definition) is 2. The van der Waals surface area contributed by atoms with Gasteiger partial charge in [-0.3, -0.25) is 4.79 Å². The Balaban J connectivity index is 1.95. The van der Waals surface area contributed by atoms with Gasteiger partial charge < -0.3 is 15.8 Å². The van der Waals surface area contributed by atoms with E-state index in [0.29, 0.717) is 11.4 Å². The van der Waals surface area contributed by atoms with Crippen molar-refractivity contribution in [3.05, 3.63) is 53.3 Å². The molecule has 2 aromatic rings. The van der Waals surface area contributed by atoms with Crippen LogP contribution in [0, 0.1) is 19.7 Å². The highest BCUT2D eigenvalue weighted by Crippen LogP contribution is 2.19. The average molecular weight is 288 g/mol. The number of benzene rings is 2. The largest absolute Gasteiger partial charge is 0.483 e. The van der Waals surface area contributed by atoms with E-state index in [0.717, 1.165) is 11.1 Å². The van der Waals surface area contributed by atoms with Crippen LogP contribution in [0.5, 0.6) is 5.75 Å². The number of amides is 1. The molecule has 0 heterocycles. The van der Waals surface area contributed by atoms with Crippen LogP contribution in [0.2, 0.25) is 0 Å². The van der Waals surface area contributed by atoms with Gasteiger partial charge in [0, 0.05) is 5.69 Å². The number of nitrogens with one attached hydrogen (secondary N) is 1. The molecule has 110 valence electrons. The molecule has 0 aliphatic carbocycles. The van der Waals surface area contributed by atoms with E-state index in [1.54, 1.807) is 0 Å². The number of carbonyl (C=O) groups excluding carboxylic acids is 1. The number of aryl methyl sites for hydroxylation is 2. The standard InChI is InChI=1S/C16H17FN2O2/c1-10-3-4-11(2)15(7-10)21-9-16(20)19-12-5-6-13(17)14(18)8-12/h3-8H,9,18H2,1-2H3,(H,19,20). The predicted molar refractivity (Wildman–Crippen MR) is 80.9 cm³/mol. The fraction of sp³-hybridized carbons (Fsp3) is 0.188. The van der Waals surface area contributed by atoms with Gasteiger partial charge in [-0.05, 0) is 49.2 Å². The molecule has 1 amide bonds. The van der Waals surface area contributed by atoms with Crippen molar-refractivity contribution in [2.24, 2.45) is 0 Å². The molecule has 4 nitrogen and oxygen atoms in total. The zero-order valence-corrected chi connectivity index (χ0v) is 11.9. The molecule has 0 fully saturated rings. The summed E-state index contributed by atoms with van der Waals surface area (Å²) in [7, 11) is 0. The van der Waals surface area contributed by atoms with Gasteiger partial charge in [0.25, 0.3) is 5.91 Å². The van der Waals surface area contributed by atoms with E-state index in [1.165, 1.54) is 18.2 Å². The zero-order valence-electron chi connectivity index (χ0n) is 11.9. The smallest absolute Gasteiger partial charge is 0.262 e. The van der Waals surface area contributed by atoms with Crippen LogP contribution in [-0.4, -0.2) is 12.5 Å². The van der Waals surface area contributed by atoms with Gasteiger partial charge in [-0.2, -0.15) is 0 Å². The summed E-state index contributed by atoms with van der Waals surface area (Å²) in [6.07, 6.45) is 0. The van der Waals surface area contributed by atoms with Crippen LogP contribution in [0.1, 0.15) is 11.1 Å². The van der Waals surface area contributed by atoms with Crippen LogP contribution >= 0.6 is 0 Å². The first-order valence-electron chi connectivity index (χ1n) is 6.50. The van der Waals surface area contributed by atoms with Crippen LogP contribution in [-0.2, 0) is 4.79 Å². The molecule has 0 aliphatic rings. The molecule has 0 aromatic heterocycles. The summed E-state index contributed by atoms with van der Waals surface area (Å²) >= 11 is 0. The minimum Gasteiger partial charge on any atom is -0.483 e. The number of halogens is 1. The van der Waals surface area contributed by atoms with E-state index in [1.807, 2.05) is 32.0 Å². The topological polar surface area (TPSA) is 64.3 Å². The Morgan fingerprint density at radius 2 is 2.00 bits per heavy atom. The number of anilines is 2. The maximum Gasteiger partial charge on any atom is 0.262 e. The highest BCUT2D eigenvalue weighted by atomic mass is 19.1. The van der Waals surface area contributed by atoms with Crippen molar-refractivity contribution in [2.45, 2.75) is 13.8 Å². The van der Waals surface area contributed by atoms with Crippen molar-refractivity contribution in [2.75, 3.05) is 17.7 Å². The quantitative estimate of drug-likeness (QED) is 0.850. The van der Waals surface area contributed by atoms with Gasteiger partial charge >= 0.3 is 0 Å². The van der Waals surface area contributed by atoms with E-state index in [9.17, 15) is 9.18 Å². The zero-order chi connectivity index (χ0) is 15.4. The molecule has 0 radical (unpaired) electrons. The molecule has 2 rings (SSSR count). The fourth-order valence-corrected chi connectivity index (χ4v) is 1.82. The van der Waals surface area contributed by atoms with E-state index in [-0.39, 0.29) is 18.2 Å². The maximum absolute atomic E-state index is 13.0. The second-order valence-electron chi connectivity index (χ2n) is 4.84. The molecule has 21 heavy (non-hydrogen) atoms. The van der Waals surface area contributed by atoms with Gasteiger partial charge in [0.15, 0.2) is 6.61 Å². The lowest BCUT2D eigenvalue weighted by Crippen LogP contribution is -2.20. The Kier molecular flexibility index (Phi) is 4.42. The summed E-state index contributed by atoms with van der Waals surface area (Å²) in [4.78, 5) is 11.8. The molecule has 0 unspecified atom stereocenters. The summed E-state index contributed by atoms with van der Waals surface area (Å²) in [6, 6.07) is 9.80. The van der Waals surface area contributed by atoms with Crippen LogP contribution in [0.15, 0.2) is 36.4 Å². The molecule has 5 heteroatoms. The first-order chi connectivity index (χ1) is 9.95. The predicted octanol–water partition coefficient (Wildman–Crippen LogP) is 3.04. The van der Waals surface area contributed by atoms with Gasteiger partial charge in [0.05, 0.1) is 5.69 Å². The Hall–Kier alpha value is -2.56. The Morgan fingerprint density at radius 3 is 2.71 bits per heavy atom. The normalized spacial score (nSPS) is 10.2. The molecule has 0 atom stereocenters. The molecular weight excluding hydrogens is 271 g/mol. The Labute approximate surface area is 122 Å². The third-order valence-corrected chi connectivity index (χ3v) is 2.98. The van der Waals surface area contributed by atoms with Crippen molar-refractivity contribution in [3.63, 3.8) is 0 Å². The van der Waals surface area contributed by atoms with Crippen LogP contribution < -0.4 is 15.8 Å². The number of hydrogen-bond acceptors (Lipinski definition) is 3. The Bertz CT molecular complexity index is 671. The third kappa shape index (κ3) is 3.95. The van der Waals surface area contributed by atoms with Crippen LogP contribution in [0.25, 0.3) is 0 Å². The van der Waals surface area contributed by atoms with Crippen molar-refractivity contribution in [1.82, 2.24) is 0 Å². The summed E-state index contributed by atoms with van der Waals surface area (Å²) in [6.45, 7) is 3.74. The first-order valence-corrected chi connectivity index (χ1v) is 6.50. The first kappa shape index (κ1) is 14.8. The van der Waals surface area contributed by atoms with E-state index < -0.39 is 5.82 Å². The number of rotatable bonds is 4. The van der Waals surface area contributed by atoms with Crippen molar-refractivity contribution in [1.29, 1.82) is 0 Å². The molecular formula is C16H17FN2O2. The highest BCUT2D eigenvalue weighted by Gasteiger charge is 2.07. The lowest BCUT2D eigenvalue weighted by molar-refractivity contribution is -0.118. The van der Waals surface area contributed by atoms with Crippen molar-refractivity contribution in [3.8, 4) is 5.75 Å². The number of ether oxygens (including phenoxy) is 1. The molecule has 0 spiro atoms. The van der Waals surface area contributed by atoms with E-state index in [2.05, 4.69) is 5.32 Å². The average Bonchev–Trinajstić information content (AvgIpc) is 2.44. The molecule has 2 aromatic carbocycles. The molecule has 0 saturated carbocycles. The Morgan fingerprint density at radius 1 is 1.24 bits per heavy atom. The van der Waals surface area contributed by atoms with Crippen molar-refractivity contribution < 1.29 is 13.9 Å². The minimum absolute atomic E-state index is 0.0109. The summed E-state index contributed by atoms with van der Waals surface area (Å²) in [5.74, 6) is -0.176. The number of nitrogen functional groups attached to an aromatic ring is 1. The van der Waals surface area contributed by atoms with Gasteiger partial charge in [-0.1, -0.05) is 12.1 Å². The van der Waals surface area contributed by atoms with Gasteiger partial charge in [0.2, 0.25) is 0 Å². The van der Waals surface area contributed by atoms with Gasteiger partial charge in [-0.25, -0.2) is 4.39 Å². The van der Waals surface area contributed by atoms with E-state index >= 15 is 0 Å². The lowest BCUT2D eigenvalue weighted by atomic mass is 10.1. The fourth-order valence-electron chi connectivity index (χ4n) is 1.82. The number of carbonyl (C=O) groups is 1. The third-order valence-electron chi connectivity index (χ3n) is 2.98. The maximum atomic E-state index is 13.0. The molecule has 0 bridgehead atoms. The summed E-state index contributed by atoms with van der Waals surface area (Å²) in [5, 5.41) is 2.60. The molecule has 0 aliphatic heterocycles. The second-order valence-corrected chi connectivity index (χ2v) is 4.84.